The van der Waals surface area contributed by atoms with Crippen molar-refractivity contribution in [3.8, 4) is 0 Å². The van der Waals surface area contributed by atoms with Gasteiger partial charge in [0.25, 0.3) is 0 Å². The quantitative estimate of drug-likeness (QED) is 0.882. The smallest absolute Gasteiger partial charge is 0.412 e. The van der Waals surface area contributed by atoms with E-state index in [0.29, 0.717) is 24.4 Å². The van der Waals surface area contributed by atoms with Gasteiger partial charge in [-0.25, -0.2) is 4.79 Å². The molecule has 0 aliphatic carbocycles. The first-order chi connectivity index (χ1) is 11.6. The molecule has 1 saturated heterocycles. The Balaban J connectivity index is 1.94. The van der Waals surface area contributed by atoms with Crippen LogP contribution >= 0.6 is 11.8 Å². The van der Waals surface area contributed by atoms with Crippen molar-refractivity contribution in [2.45, 2.75) is 39.7 Å². The molecule has 0 aromatic heterocycles. The van der Waals surface area contributed by atoms with Crippen molar-refractivity contribution >= 4 is 40.3 Å². The highest BCUT2D eigenvalue weighted by molar-refractivity contribution is 8.13. The van der Waals surface area contributed by atoms with E-state index in [-0.39, 0.29) is 16.9 Å². The van der Waals surface area contributed by atoms with E-state index >= 15 is 0 Å². The fourth-order valence-electron chi connectivity index (χ4n) is 2.52. The molecule has 0 saturated carbocycles. The lowest BCUT2D eigenvalue weighted by Crippen LogP contribution is -2.27. The van der Waals surface area contributed by atoms with Crippen LogP contribution in [0.5, 0.6) is 0 Å². The molecule has 6 nitrogen and oxygen atoms in total. The Bertz CT molecular complexity index is 652. The van der Waals surface area contributed by atoms with Crippen molar-refractivity contribution in [1.82, 2.24) is 0 Å². The molecular formula is C18H24N2O4S. The van der Waals surface area contributed by atoms with Crippen molar-refractivity contribution in [1.29, 1.82) is 0 Å². The van der Waals surface area contributed by atoms with Gasteiger partial charge in [-0.2, -0.15) is 0 Å². The van der Waals surface area contributed by atoms with Crippen LogP contribution in [-0.4, -0.2) is 35.0 Å². The van der Waals surface area contributed by atoms with E-state index in [9.17, 15) is 14.4 Å². The molecule has 0 bridgehead atoms. The molecule has 1 aliphatic rings. The van der Waals surface area contributed by atoms with Crippen LogP contribution in [0.4, 0.5) is 16.2 Å². The highest BCUT2D eigenvalue weighted by atomic mass is 32.2. The summed E-state index contributed by atoms with van der Waals surface area (Å²) < 4.78 is 5.20. The van der Waals surface area contributed by atoms with Gasteiger partial charge in [0.05, 0.1) is 0 Å². The van der Waals surface area contributed by atoms with Crippen LogP contribution in [0.25, 0.3) is 0 Å². The van der Waals surface area contributed by atoms with E-state index in [1.54, 1.807) is 49.9 Å². The summed E-state index contributed by atoms with van der Waals surface area (Å²) in [5, 5.41) is 2.74. The standard InChI is InChI=1S/C18H24N2O4S/c1-12(21)25-11-13-9-16(22)20(10-13)15-7-5-14(6-8-15)19-17(23)24-18(2,3)4/h5-8,13H,9-11H2,1-4H3,(H,19,23). The summed E-state index contributed by atoms with van der Waals surface area (Å²) in [5.74, 6) is 0.901. The van der Waals surface area contributed by atoms with Crippen molar-refractivity contribution < 1.29 is 19.1 Å². The van der Waals surface area contributed by atoms with Crippen molar-refractivity contribution in [2.24, 2.45) is 5.92 Å². The molecule has 7 heteroatoms. The molecule has 1 N–H and O–H groups in total. The van der Waals surface area contributed by atoms with Gasteiger partial charge in [0.15, 0.2) is 5.12 Å². The van der Waals surface area contributed by atoms with Gasteiger partial charge in [0.2, 0.25) is 5.91 Å². The number of carbonyl (C=O) groups is 3. The Labute approximate surface area is 152 Å². The maximum absolute atomic E-state index is 12.2. The zero-order valence-corrected chi connectivity index (χ0v) is 15.8. The van der Waals surface area contributed by atoms with Crippen LogP contribution < -0.4 is 10.2 Å². The van der Waals surface area contributed by atoms with Gasteiger partial charge in [-0.15, -0.1) is 0 Å². The van der Waals surface area contributed by atoms with Gasteiger partial charge in [0.1, 0.15) is 5.60 Å². The maximum atomic E-state index is 12.2. The number of hydrogen-bond acceptors (Lipinski definition) is 5. The first kappa shape index (κ1) is 19.3. The number of hydrogen-bond donors (Lipinski definition) is 1. The SMILES string of the molecule is CC(=O)SCC1CC(=O)N(c2ccc(NC(=O)OC(C)(C)C)cc2)C1. The van der Waals surface area contributed by atoms with Crippen molar-refractivity contribution in [2.75, 3.05) is 22.5 Å². The first-order valence-corrected chi connectivity index (χ1v) is 9.16. The normalized spacial score (nSPS) is 17.5. The van der Waals surface area contributed by atoms with Crippen LogP contribution in [0.1, 0.15) is 34.1 Å². The molecule has 1 fully saturated rings. The molecule has 1 aromatic carbocycles. The molecule has 1 aliphatic heterocycles. The summed E-state index contributed by atoms with van der Waals surface area (Å²) in [4.78, 5) is 36.7. The van der Waals surface area contributed by atoms with E-state index < -0.39 is 11.7 Å². The van der Waals surface area contributed by atoms with Crippen molar-refractivity contribution in [3.05, 3.63) is 24.3 Å². The Morgan fingerprint density at radius 2 is 1.92 bits per heavy atom. The van der Waals surface area contributed by atoms with Crippen molar-refractivity contribution in [3.63, 3.8) is 0 Å². The zero-order valence-electron chi connectivity index (χ0n) is 15.0. The molecular weight excluding hydrogens is 340 g/mol. The van der Waals surface area contributed by atoms with Gasteiger partial charge in [0, 0.05) is 37.0 Å². The highest BCUT2D eigenvalue weighted by Crippen LogP contribution is 2.28. The van der Waals surface area contributed by atoms with Crippen LogP contribution in [0, 0.1) is 5.92 Å². The molecule has 25 heavy (non-hydrogen) atoms. The number of anilines is 2. The number of benzene rings is 1. The Morgan fingerprint density at radius 1 is 1.28 bits per heavy atom. The molecule has 2 rings (SSSR count). The lowest BCUT2D eigenvalue weighted by Gasteiger charge is -2.20. The summed E-state index contributed by atoms with van der Waals surface area (Å²) in [6, 6.07) is 7.07. The molecule has 0 spiro atoms. The summed E-state index contributed by atoms with van der Waals surface area (Å²) in [5.41, 5.74) is 0.835. The Kier molecular flexibility index (Phi) is 6.11. The summed E-state index contributed by atoms with van der Waals surface area (Å²) >= 11 is 1.26. The fourth-order valence-corrected chi connectivity index (χ4v) is 3.22. The third-order valence-electron chi connectivity index (χ3n) is 3.55. The predicted octanol–water partition coefficient (Wildman–Crippen LogP) is 3.67. The minimum Gasteiger partial charge on any atom is -0.444 e. The van der Waals surface area contributed by atoms with Crippen LogP contribution in [0.3, 0.4) is 0 Å². The highest BCUT2D eigenvalue weighted by Gasteiger charge is 2.30. The van der Waals surface area contributed by atoms with Gasteiger partial charge in [-0.3, -0.25) is 14.9 Å². The minimum atomic E-state index is -0.557. The second-order valence-corrected chi connectivity index (χ2v) is 8.25. The minimum absolute atomic E-state index is 0.0574. The molecule has 2 amide bonds. The molecule has 1 heterocycles. The number of nitrogens with one attached hydrogen (secondary N) is 1. The van der Waals surface area contributed by atoms with E-state index in [4.69, 9.17) is 4.74 Å². The lowest BCUT2D eigenvalue weighted by molar-refractivity contribution is -0.117. The lowest BCUT2D eigenvalue weighted by atomic mass is 10.1. The number of carbonyl (C=O) groups excluding carboxylic acids is 3. The summed E-state index contributed by atoms with van der Waals surface area (Å²) in [7, 11) is 0. The van der Waals surface area contributed by atoms with Gasteiger partial charge in [-0.1, -0.05) is 11.8 Å². The maximum Gasteiger partial charge on any atom is 0.412 e. The van der Waals surface area contributed by atoms with E-state index in [2.05, 4.69) is 5.32 Å². The summed E-state index contributed by atoms with van der Waals surface area (Å²) in [6.07, 6.45) is -0.0584. The van der Waals surface area contributed by atoms with Crippen LogP contribution in [0.15, 0.2) is 24.3 Å². The van der Waals surface area contributed by atoms with E-state index in [0.717, 1.165) is 5.69 Å². The zero-order chi connectivity index (χ0) is 18.6. The number of amides is 2. The molecule has 1 aromatic rings. The fraction of sp³-hybridized carbons (Fsp3) is 0.500. The second kappa shape index (κ2) is 7.91. The van der Waals surface area contributed by atoms with Crippen LogP contribution in [0.2, 0.25) is 0 Å². The first-order valence-electron chi connectivity index (χ1n) is 8.18. The third-order valence-corrected chi connectivity index (χ3v) is 4.60. The topological polar surface area (TPSA) is 75.7 Å². The second-order valence-electron chi connectivity index (χ2n) is 7.05. The third kappa shape index (κ3) is 6.08. The number of thioether (sulfide) groups is 1. The van der Waals surface area contributed by atoms with Gasteiger partial charge in [-0.05, 0) is 51.0 Å². The molecule has 0 radical (unpaired) electrons. The Morgan fingerprint density at radius 3 is 2.48 bits per heavy atom. The number of ether oxygens (including phenoxy) is 1. The van der Waals surface area contributed by atoms with Gasteiger partial charge >= 0.3 is 6.09 Å². The molecule has 136 valence electrons. The summed E-state index contributed by atoms with van der Waals surface area (Å²) in [6.45, 7) is 7.55. The molecule has 1 unspecified atom stereocenters. The monoisotopic (exact) mass is 364 g/mol. The predicted molar refractivity (Wildman–Crippen MR) is 99.9 cm³/mol. The number of nitrogens with zero attached hydrogens (tertiary/aromatic N) is 1. The largest absolute Gasteiger partial charge is 0.444 e. The average molecular weight is 364 g/mol. The number of rotatable bonds is 4. The average Bonchev–Trinajstić information content (AvgIpc) is 2.85. The van der Waals surface area contributed by atoms with E-state index in [1.807, 2.05) is 0 Å². The Hall–Kier alpha value is -2.02. The van der Waals surface area contributed by atoms with E-state index in [1.165, 1.54) is 18.7 Å². The molecule has 1 atom stereocenters. The van der Waals surface area contributed by atoms with Crippen LogP contribution in [-0.2, 0) is 14.3 Å². The van der Waals surface area contributed by atoms with Gasteiger partial charge < -0.3 is 9.64 Å².